The van der Waals surface area contributed by atoms with Crippen molar-refractivity contribution in [2.75, 3.05) is 19.8 Å². The first-order chi connectivity index (χ1) is 17.3. The molecule has 2 aliphatic carbocycles. The Bertz CT molecular complexity index is 793. The third-order valence-corrected chi connectivity index (χ3v) is 6.24. The van der Waals surface area contributed by atoms with E-state index in [-0.39, 0.29) is 49.3 Å². The number of fused-ring (bicyclic) bond motifs is 2. The van der Waals surface area contributed by atoms with Crippen LogP contribution in [0, 0.1) is 5.92 Å². The van der Waals surface area contributed by atoms with Gasteiger partial charge in [-0.05, 0) is 54.0 Å². The molecule has 2 heterocycles. The number of ether oxygens (including phenoxy) is 6. The lowest BCUT2D eigenvalue weighted by Gasteiger charge is -2.23. The van der Waals surface area contributed by atoms with Crippen molar-refractivity contribution >= 4 is 11.9 Å². The summed E-state index contributed by atoms with van der Waals surface area (Å²) in [5, 5.41) is 27.3. The normalized spacial score (nSPS) is 35.5. The van der Waals surface area contributed by atoms with E-state index in [4.69, 9.17) is 33.5 Å². The highest BCUT2D eigenvalue weighted by Crippen LogP contribution is 2.43. The van der Waals surface area contributed by atoms with Crippen LogP contribution in [0.1, 0.15) is 67.7 Å². The highest BCUT2D eigenvalue weighted by Gasteiger charge is 2.53. The molecule has 2 saturated heterocycles. The van der Waals surface area contributed by atoms with Gasteiger partial charge in [0.1, 0.15) is 6.10 Å². The highest BCUT2D eigenvalue weighted by atomic mass is 16.8. The SMILES string of the molecule is CCO.CCOC(=O)/C=C1/[C@H](O)C[C@H]2OC(C)(C)O[C@@H]12.CCOC(=O)C[C@@H]1[C@@H]2OC(C)(C)O[C@@H]2C[C@H]1O. The second-order valence-corrected chi connectivity index (χ2v) is 10.2. The zero-order chi connectivity index (χ0) is 28.0. The Morgan fingerprint density at radius 1 is 0.919 bits per heavy atom. The number of esters is 2. The van der Waals surface area contributed by atoms with E-state index in [2.05, 4.69) is 0 Å². The lowest BCUT2D eigenvalue weighted by atomic mass is 9.99. The summed E-state index contributed by atoms with van der Waals surface area (Å²) >= 11 is 0. The van der Waals surface area contributed by atoms with Gasteiger partial charge in [0, 0.05) is 31.4 Å². The van der Waals surface area contributed by atoms with Gasteiger partial charge in [0.15, 0.2) is 11.6 Å². The Balaban J connectivity index is 0.000000235. The lowest BCUT2D eigenvalue weighted by Crippen LogP contribution is -2.31. The van der Waals surface area contributed by atoms with Gasteiger partial charge < -0.3 is 43.7 Å². The van der Waals surface area contributed by atoms with Crippen LogP contribution in [-0.2, 0) is 38.0 Å². The van der Waals surface area contributed by atoms with E-state index in [1.165, 1.54) is 6.08 Å². The fourth-order valence-corrected chi connectivity index (χ4v) is 5.04. The molecule has 0 aromatic heterocycles. The fraction of sp³-hybridized carbons (Fsp3) is 0.846. The van der Waals surface area contributed by atoms with E-state index >= 15 is 0 Å². The third-order valence-electron chi connectivity index (χ3n) is 6.24. The molecule has 0 unspecified atom stereocenters. The minimum Gasteiger partial charge on any atom is -0.466 e. The van der Waals surface area contributed by atoms with E-state index in [9.17, 15) is 19.8 Å². The molecule has 0 aromatic rings. The van der Waals surface area contributed by atoms with Gasteiger partial charge in [-0.2, -0.15) is 0 Å². The average molecular weight is 533 g/mol. The highest BCUT2D eigenvalue weighted by molar-refractivity contribution is 5.83. The quantitative estimate of drug-likeness (QED) is 0.350. The van der Waals surface area contributed by atoms with Crippen molar-refractivity contribution in [3.63, 3.8) is 0 Å². The van der Waals surface area contributed by atoms with Crippen LogP contribution in [-0.4, -0.2) is 95.3 Å². The standard InChI is InChI=1S/C12H20O5.C12H18O5.C2H6O/c2*1-4-15-10(14)5-7-8(13)6-9-11(7)17-12(2,3)16-9;1-2-3/h7-9,11,13H,4-6H2,1-3H3;5,8-9,11,13H,4,6H2,1-3H3;3H,2H2,1H3/b;7-5-;/t7-,8+,9+,11-;8-,9-,11+;/m01./s1. The molecule has 2 aliphatic heterocycles. The topological polar surface area (TPSA) is 150 Å². The fourth-order valence-electron chi connectivity index (χ4n) is 5.04. The van der Waals surface area contributed by atoms with Crippen LogP contribution in [0.5, 0.6) is 0 Å². The summed E-state index contributed by atoms with van der Waals surface area (Å²) in [5.41, 5.74) is 0.555. The second-order valence-electron chi connectivity index (χ2n) is 10.2. The van der Waals surface area contributed by atoms with Crippen molar-refractivity contribution in [2.24, 2.45) is 5.92 Å². The maximum Gasteiger partial charge on any atom is 0.330 e. The van der Waals surface area contributed by atoms with E-state index in [1.807, 2.05) is 27.7 Å². The molecule has 3 N–H and O–H groups in total. The van der Waals surface area contributed by atoms with Crippen LogP contribution in [0.25, 0.3) is 0 Å². The molecule has 0 radical (unpaired) electrons. The lowest BCUT2D eigenvalue weighted by molar-refractivity contribution is -0.168. The first-order valence-corrected chi connectivity index (χ1v) is 13.0. The Kier molecular flexibility index (Phi) is 11.5. The first kappa shape index (κ1) is 31.6. The minimum atomic E-state index is -0.689. The summed E-state index contributed by atoms with van der Waals surface area (Å²) in [7, 11) is 0. The van der Waals surface area contributed by atoms with Gasteiger partial charge in [-0.3, -0.25) is 4.79 Å². The van der Waals surface area contributed by atoms with Crippen molar-refractivity contribution in [3.8, 4) is 0 Å². The van der Waals surface area contributed by atoms with Gasteiger partial charge >= 0.3 is 11.9 Å². The summed E-state index contributed by atoms with van der Waals surface area (Å²) in [5.74, 6) is -2.24. The zero-order valence-electron chi connectivity index (χ0n) is 23.0. The molecule has 0 bridgehead atoms. The van der Waals surface area contributed by atoms with E-state index in [0.29, 0.717) is 31.6 Å². The molecule has 2 saturated carbocycles. The number of rotatable bonds is 5. The molecule has 4 aliphatic rings. The summed E-state index contributed by atoms with van der Waals surface area (Å²) in [6.45, 7) is 13.4. The number of aliphatic hydroxyl groups excluding tert-OH is 3. The monoisotopic (exact) mass is 532 g/mol. The third kappa shape index (κ3) is 8.71. The summed E-state index contributed by atoms with van der Waals surface area (Å²) in [6, 6.07) is 0. The maximum absolute atomic E-state index is 11.5. The smallest absolute Gasteiger partial charge is 0.330 e. The Labute approximate surface area is 219 Å². The Morgan fingerprint density at radius 2 is 1.49 bits per heavy atom. The van der Waals surface area contributed by atoms with Gasteiger partial charge in [0.05, 0.1) is 50.2 Å². The van der Waals surface area contributed by atoms with Crippen molar-refractivity contribution in [2.45, 2.75) is 116 Å². The van der Waals surface area contributed by atoms with Gasteiger partial charge in [-0.1, -0.05) is 0 Å². The van der Waals surface area contributed by atoms with Crippen molar-refractivity contribution in [3.05, 3.63) is 11.6 Å². The maximum atomic E-state index is 11.5. The largest absolute Gasteiger partial charge is 0.466 e. The minimum absolute atomic E-state index is 0.112. The van der Waals surface area contributed by atoms with E-state index < -0.39 is 29.8 Å². The average Bonchev–Trinajstić information content (AvgIpc) is 3.41. The predicted molar refractivity (Wildman–Crippen MR) is 131 cm³/mol. The molecule has 11 nitrogen and oxygen atoms in total. The Morgan fingerprint density at radius 3 is 2.08 bits per heavy atom. The summed E-state index contributed by atoms with van der Waals surface area (Å²) in [4.78, 5) is 22.9. The van der Waals surface area contributed by atoms with Gasteiger partial charge in [-0.15, -0.1) is 0 Å². The molecule has 214 valence electrons. The van der Waals surface area contributed by atoms with Gasteiger partial charge in [0.2, 0.25) is 0 Å². The van der Waals surface area contributed by atoms with E-state index in [0.717, 1.165) is 0 Å². The zero-order valence-corrected chi connectivity index (χ0v) is 23.0. The van der Waals surface area contributed by atoms with Crippen LogP contribution in [0.2, 0.25) is 0 Å². The number of carbonyl (C=O) groups is 2. The number of hydrogen-bond acceptors (Lipinski definition) is 11. The van der Waals surface area contributed by atoms with Gasteiger partial charge in [-0.25, -0.2) is 4.79 Å². The second kappa shape index (κ2) is 13.5. The van der Waals surface area contributed by atoms with Crippen molar-refractivity contribution < 1.29 is 53.3 Å². The van der Waals surface area contributed by atoms with Crippen molar-refractivity contribution in [1.82, 2.24) is 0 Å². The summed E-state index contributed by atoms with van der Waals surface area (Å²) in [6.07, 6.45) is 0.418. The number of aliphatic hydroxyl groups is 3. The van der Waals surface area contributed by atoms with Crippen molar-refractivity contribution in [1.29, 1.82) is 0 Å². The molecule has 4 fully saturated rings. The van der Waals surface area contributed by atoms with Crippen LogP contribution >= 0.6 is 0 Å². The van der Waals surface area contributed by atoms with Crippen LogP contribution < -0.4 is 0 Å². The van der Waals surface area contributed by atoms with Crippen LogP contribution in [0.15, 0.2) is 11.6 Å². The number of hydrogen-bond donors (Lipinski definition) is 3. The molecule has 0 amide bonds. The summed E-state index contributed by atoms with van der Waals surface area (Å²) < 4.78 is 32.5. The molecule has 11 heteroatoms. The van der Waals surface area contributed by atoms with Crippen LogP contribution in [0.3, 0.4) is 0 Å². The molecule has 37 heavy (non-hydrogen) atoms. The molecular formula is C26H44O11. The van der Waals surface area contributed by atoms with Crippen LogP contribution in [0.4, 0.5) is 0 Å². The molecule has 0 spiro atoms. The first-order valence-electron chi connectivity index (χ1n) is 13.0. The molecule has 4 rings (SSSR count). The number of carbonyl (C=O) groups excluding carboxylic acids is 2. The Hall–Kier alpha value is -1.60. The van der Waals surface area contributed by atoms with E-state index in [1.54, 1.807) is 20.8 Å². The molecular weight excluding hydrogens is 488 g/mol. The molecule has 7 atom stereocenters. The molecule has 0 aromatic carbocycles. The predicted octanol–water partition coefficient (Wildman–Crippen LogP) is 1.60. The van der Waals surface area contributed by atoms with Gasteiger partial charge in [0.25, 0.3) is 0 Å².